The van der Waals surface area contributed by atoms with Crippen LogP contribution < -0.4 is 4.74 Å². The number of aliphatic imine (C=N–C) groups is 1. The van der Waals surface area contributed by atoms with Crippen molar-refractivity contribution < 1.29 is 17.9 Å². The van der Waals surface area contributed by atoms with Crippen LogP contribution in [0.1, 0.15) is 12.0 Å². The van der Waals surface area contributed by atoms with Crippen molar-refractivity contribution in [3.8, 4) is 11.8 Å². The van der Waals surface area contributed by atoms with E-state index in [4.69, 9.17) is 10.00 Å². The summed E-state index contributed by atoms with van der Waals surface area (Å²) < 4.78 is 29.1. The minimum atomic E-state index is -3.06. The predicted octanol–water partition coefficient (Wildman–Crippen LogP) is 1.25. The second-order valence-electron chi connectivity index (χ2n) is 6.22. The SMILES string of the molecule is COc1ccc(CCN2C(=NC(=O)CC#N)SC3CS(=O)(=O)CC32)cc1. The number of carbonyl (C=O) groups excluding carboxylic acids is 1. The fourth-order valence-corrected chi connectivity index (χ4v) is 7.15. The molecule has 138 valence electrons. The Morgan fingerprint density at radius 2 is 2.12 bits per heavy atom. The Kier molecular flexibility index (Phi) is 5.53. The van der Waals surface area contributed by atoms with Crippen molar-refractivity contribution in [2.45, 2.75) is 24.1 Å². The molecule has 2 aliphatic heterocycles. The smallest absolute Gasteiger partial charge is 0.262 e. The topological polar surface area (TPSA) is 99.8 Å². The van der Waals surface area contributed by atoms with Crippen LogP contribution in [0.25, 0.3) is 0 Å². The van der Waals surface area contributed by atoms with E-state index in [1.54, 1.807) is 13.2 Å². The average Bonchev–Trinajstić information content (AvgIpc) is 3.05. The van der Waals surface area contributed by atoms with Crippen LogP contribution in [0.3, 0.4) is 0 Å². The van der Waals surface area contributed by atoms with Gasteiger partial charge >= 0.3 is 0 Å². The lowest BCUT2D eigenvalue weighted by atomic mass is 10.1. The Morgan fingerprint density at radius 1 is 1.38 bits per heavy atom. The second-order valence-corrected chi connectivity index (χ2v) is 9.58. The number of ether oxygens (including phenoxy) is 1. The van der Waals surface area contributed by atoms with Crippen molar-refractivity contribution in [2.24, 2.45) is 4.99 Å². The van der Waals surface area contributed by atoms with Gasteiger partial charge in [-0.25, -0.2) is 8.42 Å². The quantitative estimate of drug-likeness (QED) is 0.742. The summed E-state index contributed by atoms with van der Waals surface area (Å²) in [6.07, 6.45) is 0.420. The van der Waals surface area contributed by atoms with Gasteiger partial charge in [0, 0.05) is 11.8 Å². The standard InChI is InChI=1S/C17H19N3O4S2/c1-24-13-4-2-12(3-5-13)7-9-20-14-10-26(22,23)11-15(14)25-17(20)19-16(21)6-8-18/h2-5,14-15H,6-7,9-11H2,1H3. The Labute approximate surface area is 157 Å². The van der Waals surface area contributed by atoms with Crippen molar-refractivity contribution in [3.05, 3.63) is 29.8 Å². The van der Waals surface area contributed by atoms with Crippen molar-refractivity contribution in [3.63, 3.8) is 0 Å². The van der Waals surface area contributed by atoms with Gasteiger partial charge < -0.3 is 9.64 Å². The van der Waals surface area contributed by atoms with E-state index in [2.05, 4.69) is 4.99 Å². The molecule has 2 saturated heterocycles. The van der Waals surface area contributed by atoms with Crippen molar-refractivity contribution in [1.29, 1.82) is 5.26 Å². The number of hydrogen-bond acceptors (Lipinski definition) is 6. The molecule has 1 aromatic carbocycles. The number of carbonyl (C=O) groups is 1. The number of thioether (sulfide) groups is 1. The van der Waals surface area contributed by atoms with Gasteiger partial charge in [0.05, 0.1) is 30.7 Å². The summed E-state index contributed by atoms with van der Waals surface area (Å²) in [6.45, 7) is 0.564. The van der Waals surface area contributed by atoms with E-state index in [0.717, 1.165) is 11.3 Å². The summed E-state index contributed by atoms with van der Waals surface area (Å²) in [4.78, 5) is 17.7. The summed E-state index contributed by atoms with van der Waals surface area (Å²) in [5.74, 6) is 0.468. The normalized spacial score (nSPS) is 25.1. The van der Waals surface area contributed by atoms with Gasteiger partial charge in [0.25, 0.3) is 5.91 Å². The summed E-state index contributed by atoms with van der Waals surface area (Å²) >= 11 is 1.33. The van der Waals surface area contributed by atoms with E-state index in [9.17, 15) is 13.2 Å². The van der Waals surface area contributed by atoms with Crippen LogP contribution in [-0.2, 0) is 21.1 Å². The zero-order valence-electron chi connectivity index (χ0n) is 14.3. The summed E-state index contributed by atoms with van der Waals surface area (Å²) in [6, 6.07) is 9.30. The molecule has 3 rings (SSSR count). The van der Waals surface area contributed by atoms with Crippen LogP contribution >= 0.6 is 11.8 Å². The number of sulfone groups is 1. The molecule has 0 bridgehead atoms. The lowest BCUT2D eigenvalue weighted by molar-refractivity contribution is -0.116. The first kappa shape index (κ1) is 18.7. The molecule has 0 radical (unpaired) electrons. The second kappa shape index (κ2) is 7.68. The number of hydrogen-bond donors (Lipinski definition) is 0. The Balaban J connectivity index is 1.76. The molecule has 0 spiro atoms. The van der Waals surface area contributed by atoms with E-state index in [1.807, 2.05) is 29.2 Å². The summed E-state index contributed by atoms with van der Waals surface area (Å²) in [5, 5.41) is 9.08. The fourth-order valence-electron chi connectivity index (χ4n) is 3.15. The summed E-state index contributed by atoms with van der Waals surface area (Å²) in [7, 11) is -1.45. The molecular formula is C17H19N3O4S2. The molecule has 2 heterocycles. The molecule has 2 fully saturated rings. The highest BCUT2D eigenvalue weighted by molar-refractivity contribution is 8.15. The first-order valence-corrected chi connectivity index (χ1v) is 10.9. The molecule has 2 aliphatic rings. The van der Waals surface area contributed by atoms with Gasteiger partial charge in [-0.15, -0.1) is 0 Å². The van der Waals surface area contributed by atoms with Gasteiger partial charge in [-0.3, -0.25) is 4.79 Å². The Morgan fingerprint density at radius 3 is 2.77 bits per heavy atom. The van der Waals surface area contributed by atoms with Crippen molar-refractivity contribution in [2.75, 3.05) is 25.2 Å². The van der Waals surface area contributed by atoms with Crippen LogP contribution in [0.2, 0.25) is 0 Å². The van der Waals surface area contributed by atoms with Crippen LogP contribution in [0.4, 0.5) is 0 Å². The minimum Gasteiger partial charge on any atom is -0.497 e. The highest BCUT2D eigenvalue weighted by Gasteiger charge is 2.48. The Bertz CT molecular complexity index is 859. The maximum absolute atomic E-state index is 12.0. The van der Waals surface area contributed by atoms with Crippen molar-refractivity contribution >= 4 is 32.7 Å². The average molecular weight is 393 g/mol. The molecule has 1 aromatic rings. The lowest BCUT2D eigenvalue weighted by Gasteiger charge is -2.24. The molecule has 0 aromatic heterocycles. The number of benzene rings is 1. The largest absolute Gasteiger partial charge is 0.497 e. The first-order valence-electron chi connectivity index (χ1n) is 8.17. The zero-order valence-corrected chi connectivity index (χ0v) is 15.9. The number of nitriles is 1. The van der Waals surface area contributed by atoms with E-state index in [1.165, 1.54) is 11.8 Å². The van der Waals surface area contributed by atoms with Gasteiger partial charge in [-0.2, -0.15) is 10.3 Å². The number of nitrogens with zero attached hydrogens (tertiary/aromatic N) is 3. The van der Waals surface area contributed by atoms with Gasteiger partial charge in [0.2, 0.25) is 0 Å². The van der Waals surface area contributed by atoms with Crippen LogP contribution in [0.5, 0.6) is 5.75 Å². The Hall–Kier alpha value is -2.05. The monoisotopic (exact) mass is 393 g/mol. The van der Waals surface area contributed by atoms with E-state index in [-0.39, 0.29) is 29.2 Å². The lowest BCUT2D eigenvalue weighted by Crippen LogP contribution is -2.39. The zero-order chi connectivity index (χ0) is 18.7. The van der Waals surface area contributed by atoms with Gasteiger partial charge in [-0.1, -0.05) is 23.9 Å². The van der Waals surface area contributed by atoms with Crippen LogP contribution in [0.15, 0.2) is 29.3 Å². The van der Waals surface area contributed by atoms with Crippen molar-refractivity contribution in [1.82, 2.24) is 4.90 Å². The molecule has 0 saturated carbocycles. The number of amides is 1. The third-order valence-electron chi connectivity index (χ3n) is 4.43. The highest BCUT2D eigenvalue weighted by Crippen LogP contribution is 2.38. The maximum atomic E-state index is 12.0. The third-order valence-corrected chi connectivity index (χ3v) is 7.67. The molecule has 7 nitrogen and oxygen atoms in total. The number of amidine groups is 1. The molecule has 9 heteroatoms. The van der Waals surface area contributed by atoms with Gasteiger partial charge in [0.1, 0.15) is 12.2 Å². The molecule has 1 amide bonds. The number of fused-ring (bicyclic) bond motifs is 1. The number of methoxy groups -OCH3 is 1. The molecule has 2 atom stereocenters. The fraction of sp³-hybridized carbons (Fsp3) is 0.471. The maximum Gasteiger partial charge on any atom is 0.262 e. The molecular weight excluding hydrogens is 374 g/mol. The molecule has 0 aliphatic carbocycles. The van der Waals surface area contributed by atoms with E-state index >= 15 is 0 Å². The van der Waals surface area contributed by atoms with Gasteiger partial charge in [0.15, 0.2) is 15.0 Å². The molecule has 2 unspecified atom stereocenters. The summed E-state index contributed by atoms with van der Waals surface area (Å²) in [5.41, 5.74) is 1.09. The minimum absolute atomic E-state index is 0.0821. The van der Waals surface area contributed by atoms with E-state index in [0.29, 0.717) is 18.1 Å². The predicted molar refractivity (Wildman–Crippen MR) is 99.9 cm³/mol. The first-order chi connectivity index (χ1) is 12.4. The molecule has 26 heavy (non-hydrogen) atoms. The van der Waals surface area contributed by atoms with Crippen LogP contribution in [0, 0.1) is 11.3 Å². The highest BCUT2D eigenvalue weighted by atomic mass is 32.2. The van der Waals surface area contributed by atoms with Crippen LogP contribution in [-0.4, -0.2) is 60.8 Å². The van der Waals surface area contributed by atoms with E-state index < -0.39 is 15.7 Å². The number of rotatable bonds is 5. The van der Waals surface area contributed by atoms with Gasteiger partial charge in [-0.05, 0) is 24.1 Å². The third kappa shape index (κ3) is 4.19. The molecule has 0 N–H and O–H groups in total.